The molecule has 1 aliphatic heterocycles. The number of anilines is 1. The van der Waals surface area contributed by atoms with Crippen LogP contribution in [0, 0.1) is 0 Å². The van der Waals surface area contributed by atoms with Crippen LogP contribution in [-0.4, -0.2) is 29.1 Å². The van der Waals surface area contributed by atoms with Gasteiger partial charge in [0.15, 0.2) is 0 Å². The number of carbonyl (C=O) groups is 1. The van der Waals surface area contributed by atoms with Crippen molar-refractivity contribution < 1.29 is 9.90 Å². The van der Waals surface area contributed by atoms with Crippen LogP contribution in [0.3, 0.4) is 0 Å². The van der Waals surface area contributed by atoms with Gasteiger partial charge in [-0.25, -0.2) is 4.79 Å². The number of carboxylic acid groups (broad SMARTS) is 1. The summed E-state index contributed by atoms with van der Waals surface area (Å²) in [5.74, 6) is -0.791. The molecule has 0 amide bonds. The molecular formula is C9H10N2O2. The predicted molar refractivity (Wildman–Crippen MR) is 47.8 cm³/mol. The van der Waals surface area contributed by atoms with Gasteiger partial charge in [-0.05, 0) is 12.1 Å². The van der Waals surface area contributed by atoms with Crippen molar-refractivity contribution in [2.75, 3.05) is 11.9 Å². The maximum Gasteiger partial charge on any atom is 0.326 e. The van der Waals surface area contributed by atoms with Crippen molar-refractivity contribution >= 4 is 11.7 Å². The highest BCUT2D eigenvalue weighted by atomic mass is 16.4. The van der Waals surface area contributed by atoms with E-state index < -0.39 is 12.0 Å². The van der Waals surface area contributed by atoms with Crippen molar-refractivity contribution in [3.63, 3.8) is 0 Å². The van der Waals surface area contributed by atoms with Gasteiger partial charge >= 0.3 is 5.97 Å². The van der Waals surface area contributed by atoms with Crippen molar-refractivity contribution in [3.8, 4) is 0 Å². The van der Waals surface area contributed by atoms with Crippen LogP contribution in [0.5, 0.6) is 0 Å². The Bertz CT molecular complexity index is 351. The van der Waals surface area contributed by atoms with Gasteiger partial charge in [0, 0.05) is 19.7 Å². The van der Waals surface area contributed by atoms with Crippen LogP contribution >= 0.6 is 0 Å². The maximum atomic E-state index is 10.8. The van der Waals surface area contributed by atoms with E-state index in [0.717, 1.165) is 11.4 Å². The molecule has 0 fully saturated rings. The summed E-state index contributed by atoms with van der Waals surface area (Å²) in [7, 11) is 1.78. The topological polar surface area (TPSA) is 53.4 Å². The van der Waals surface area contributed by atoms with Crippen LogP contribution in [0.1, 0.15) is 5.69 Å². The zero-order valence-corrected chi connectivity index (χ0v) is 7.27. The van der Waals surface area contributed by atoms with Crippen molar-refractivity contribution in [3.05, 3.63) is 24.0 Å². The van der Waals surface area contributed by atoms with Crippen LogP contribution in [0.2, 0.25) is 0 Å². The number of pyridine rings is 1. The molecule has 1 atom stereocenters. The molecular weight excluding hydrogens is 168 g/mol. The molecule has 1 N–H and O–H groups in total. The van der Waals surface area contributed by atoms with Crippen molar-refractivity contribution in [2.24, 2.45) is 0 Å². The molecule has 0 bridgehead atoms. The molecule has 4 heteroatoms. The Labute approximate surface area is 75.8 Å². The number of nitrogens with zero attached hydrogens (tertiary/aromatic N) is 2. The number of hydrogen-bond donors (Lipinski definition) is 1. The first-order valence-corrected chi connectivity index (χ1v) is 4.09. The highest BCUT2D eigenvalue weighted by molar-refractivity contribution is 5.81. The third-order valence-electron chi connectivity index (χ3n) is 2.39. The van der Waals surface area contributed by atoms with Crippen molar-refractivity contribution in [1.29, 1.82) is 0 Å². The van der Waals surface area contributed by atoms with E-state index in [1.54, 1.807) is 18.1 Å². The van der Waals surface area contributed by atoms with Crippen LogP contribution in [0.25, 0.3) is 0 Å². The van der Waals surface area contributed by atoms with E-state index in [-0.39, 0.29) is 0 Å². The summed E-state index contributed by atoms with van der Waals surface area (Å²) in [6.07, 6.45) is 2.19. The molecule has 13 heavy (non-hydrogen) atoms. The predicted octanol–water partition coefficient (Wildman–Crippen LogP) is 0.527. The Balaban J connectivity index is 2.38. The zero-order valence-electron chi connectivity index (χ0n) is 7.27. The lowest BCUT2D eigenvalue weighted by Crippen LogP contribution is -2.35. The number of carboxylic acids is 1. The molecule has 0 aliphatic carbocycles. The van der Waals surface area contributed by atoms with Crippen molar-refractivity contribution in [1.82, 2.24) is 4.98 Å². The Morgan fingerprint density at radius 2 is 2.54 bits per heavy atom. The fourth-order valence-electron chi connectivity index (χ4n) is 1.65. The summed E-state index contributed by atoms with van der Waals surface area (Å²) < 4.78 is 0. The molecule has 0 saturated heterocycles. The Kier molecular flexibility index (Phi) is 1.69. The first kappa shape index (κ1) is 8.04. The van der Waals surface area contributed by atoms with Gasteiger partial charge < -0.3 is 10.0 Å². The monoisotopic (exact) mass is 178 g/mol. The molecule has 1 aromatic heterocycles. The summed E-state index contributed by atoms with van der Waals surface area (Å²) in [5, 5.41) is 8.89. The quantitative estimate of drug-likeness (QED) is 0.681. The molecule has 1 aliphatic rings. The standard InChI is InChI=1S/C9H10N2O2/c1-11-7-3-2-4-10-6(7)5-8(11)9(12)13/h2-4,8H,5H2,1H3,(H,12,13). The Morgan fingerprint density at radius 3 is 3.15 bits per heavy atom. The average molecular weight is 178 g/mol. The Morgan fingerprint density at radius 1 is 1.77 bits per heavy atom. The van der Waals surface area contributed by atoms with E-state index in [9.17, 15) is 4.79 Å². The van der Waals surface area contributed by atoms with Gasteiger partial charge in [0.1, 0.15) is 6.04 Å². The molecule has 0 radical (unpaired) electrons. The third kappa shape index (κ3) is 1.14. The normalized spacial score (nSPS) is 20.1. The van der Waals surface area contributed by atoms with E-state index in [2.05, 4.69) is 4.98 Å². The molecule has 2 rings (SSSR count). The molecule has 1 aromatic rings. The second-order valence-electron chi connectivity index (χ2n) is 3.14. The fraction of sp³-hybridized carbons (Fsp3) is 0.333. The molecule has 68 valence electrons. The van der Waals surface area contributed by atoms with Gasteiger partial charge in [-0.15, -0.1) is 0 Å². The molecule has 1 unspecified atom stereocenters. The fourth-order valence-corrected chi connectivity index (χ4v) is 1.65. The zero-order chi connectivity index (χ0) is 9.42. The third-order valence-corrected chi connectivity index (χ3v) is 2.39. The number of rotatable bonds is 1. The summed E-state index contributed by atoms with van der Waals surface area (Å²) in [6, 6.07) is 3.26. The summed E-state index contributed by atoms with van der Waals surface area (Å²) in [6.45, 7) is 0. The maximum absolute atomic E-state index is 10.8. The smallest absolute Gasteiger partial charge is 0.326 e. The average Bonchev–Trinajstić information content (AvgIpc) is 2.45. The van der Waals surface area contributed by atoms with Gasteiger partial charge in [0.25, 0.3) is 0 Å². The minimum absolute atomic E-state index is 0.454. The lowest BCUT2D eigenvalue weighted by molar-refractivity contribution is -0.138. The van der Waals surface area contributed by atoms with E-state index in [1.807, 2.05) is 12.1 Å². The number of aliphatic carboxylic acids is 1. The van der Waals surface area contributed by atoms with Crippen molar-refractivity contribution in [2.45, 2.75) is 12.5 Å². The molecule has 4 nitrogen and oxygen atoms in total. The van der Waals surface area contributed by atoms with E-state index in [0.29, 0.717) is 6.42 Å². The molecule has 0 spiro atoms. The number of hydrogen-bond acceptors (Lipinski definition) is 3. The SMILES string of the molecule is CN1c2cccnc2CC1C(=O)O. The first-order chi connectivity index (χ1) is 6.20. The van der Waals surface area contributed by atoms with Gasteiger partial charge in [-0.3, -0.25) is 4.98 Å². The highest BCUT2D eigenvalue weighted by Crippen LogP contribution is 2.28. The lowest BCUT2D eigenvalue weighted by Gasteiger charge is -2.17. The van der Waals surface area contributed by atoms with Crippen LogP contribution in [0.4, 0.5) is 5.69 Å². The van der Waals surface area contributed by atoms with Crippen LogP contribution in [-0.2, 0) is 11.2 Å². The van der Waals surface area contributed by atoms with Gasteiger partial charge in [0.2, 0.25) is 0 Å². The second kappa shape index (κ2) is 2.73. The number of likely N-dealkylation sites (N-methyl/N-ethyl adjacent to an activating group) is 1. The van der Waals surface area contributed by atoms with Gasteiger partial charge in [-0.2, -0.15) is 0 Å². The van der Waals surface area contributed by atoms with E-state index >= 15 is 0 Å². The Hall–Kier alpha value is -1.58. The minimum Gasteiger partial charge on any atom is -0.480 e. The summed E-state index contributed by atoms with van der Waals surface area (Å²) in [4.78, 5) is 16.7. The van der Waals surface area contributed by atoms with Gasteiger partial charge in [-0.1, -0.05) is 0 Å². The minimum atomic E-state index is -0.791. The lowest BCUT2D eigenvalue weighted by atomic mass is 10.2. The number of fused-ring (bicyclic) bond motifs is 1. The highest BCUT2D eigenvalue weighted by Gasteiger charge is 2.32. The first-order valence-electron chi connectivity index (χ1n) is 4.09. The molecule has 2 heterocycles. The largest absolute Gasteiger partial charge is 0.480 e. The van der Waals surface area contributed by atoms with Crippen LogP contribution < -0.4 is 4.90 Å². The van der Waals surface area contributed by atoms with Gasteiger partial charge in [0.05, 0.1) is 11.4 Å². The van der Waals surface area contributed by atoms with Crippen LogP contribution in [0.15, 0.2) is 18.3 Å². The molecule has 0 aromatic carbocycles. The summed E-state index contributed by atoms with van der Waals surface area (Å²) >= 11 is 0. The van der Waals surface area contributed by atoms with E-state index in [1.165, 1.54) is 0 Å². The molecule has 0 saturated carbocycles. The second-order valence-corrected chi connectivity index (χ2v) is 3.14. The van der Waals surface area contributed by atoms with E-state index in [4.69, 9.17) is 5.11 Å². The number of aromatic nitrogens is 1. The summed E-state index contributed by atoms with van der Waals surface area (Å²) in [5.41, 5.74) is 1.80.